The average Bonchev–Trinajstić information content (AvgIpc) is 2.51. The Balaban J connectivity index is 1.95. The zero-order valence-electron chi connectivity index (χ0n) is 11.6. The van der Waals surface area contributed by atoms with Crippen LogP contribution in [0.3, 0.4) is 0 Å². The molecule has 124 valence electrons. The van der Waals surface area contributed by atoms with E-state index in [2.05, 4.69) is 40.9 Å². The minimum absolute atomic E-state index is 0.00107. The van der Waals surface area contributed by atoms with Crippen LogP contribution in [0.4, 0.5) is 24.7 Å². The van der Waals surface area contributed by atoms with Crippen LogP contribution in [-0.4, -0.2) is 21.6 Å². The van der Waals surface area contributed by atoms with Gasteiger partial charge in [0.2, 0.25) is 0 Å². The van der Waals surface area contributed by atoms with Crippen molar-refractivity contribution in [3.8, 4) is 5.75 Å². The van der Waals surface area contributed by atoms with E-state index < -0.39 is 12.4 Å². The molecule has 1 N–H and O–H groups in total. The lowest BCUT2D eigenvalue weighted by Gasteiger charge is -2.11. The van der Waals surface area contributed by atoms with Crippen LogP contribution in [0.25, 0.3) is 11.0 Å². The number of halogens is 5. The molecule has 0 aliphatic carbocycles. The van der Waals surface area contributed by atoms with E-state index in [9.17, 15) is 13.2 Å². The highest BCUT2D eigenvalue weighted by Gasteiger charge is 2.12. The molecule has 0 unspecified atom stereocenters. The zero-order valence-corrected chi connectivity index (χ0v) is 13.9. The van der Waals surface area contributed by atoms with Gasteiger partial charge in [-0.1, -0.05) is 11.6 Å². The van der Waals surface area contributed by atoms with Crippen LogP contribution in [-0.2, 0) is 0 Å². The molecule has 5 nitrogen and oxygen atoms in total. The lowest BCUT2D eigenvalue weighted by atomic mass is 10.3. The fraction of sp³-hybridized carbons (Fsp3) is 0.0714. The molecule has 1 aromatic carbocycles. The van der Waals surface area contributed by atoms with Crippen LogP contribution in [0, 0.1) is 5.82 Å². The smallest absolute Gasteiger partial charge is 0.387 e. The Morgan fingerprint density at radius 1 is 1.21 bits per heavy atom. The Bertz CT molecular complexity index is 913. The summed E-state index contributed by atoms with van der Waals surface area (Å²) in [6.45, 7) is -2.97. The molecule has 3 rings (SSSR count). The molecule has 10 heteroatoms. The van der Waals surface area contributed by atoms with Crippen molar-refractivity contribution in [3.05, 3.63) is 46.0 Å². The predicted octanol–water partition coefficient (Wildman–Crippen LogP) is 4.92. The second-order valence-corrected chi connectivity index (χ2v) is 5.66. The van der Waals surface area contributed by atoms with Crippen LogP contribution in [0.1, 0.15) is 0 Å². The molecular weight excluding hydrogens is 413 g/mol. The van der Waals surface area contributed by atoms with Crippen molar-refractivity contribution in [2.24, 2.45) is 0 Å². The molecule has 0 radical (unpaired) electrons. The molecule has 0 saturated carbocycles. The van der Waals surface area contributed by atoms with E-state index in [1.54, 1.807) is 0 Å². The maximum absolute atomic E-state index is 13.5. The summed E-state index contributed by atoms with van der Waals surface area (Å²) in [5.74, 6) is -0.393. The Kier molecular flexibility index (Phi) is 4.72. The molecule has 3 aromatic rings. The van der Waals surface area contributed by atoms with Gasteiger partial charge < -0.3 is 10.1 Å². The monoisotopic (exact) mass is 418 g/mol. The van der Waals surface area contributed by atoms with Gasteiger partial charge in [0.15, 0.2) is 11.6 Å². The number of nitrogens with one attached hydrogen (secondary N) is 1. The summed E-state index contributed by atoms with van der Waals surface area (Å²) < 4.78 is 42.3. The quantitative estimate of drug-likeness (QED) is 0.608. The lowest BCUT2D eigenvalue weighted by molar-refractivity contribution is -0.0497. The first kappa shape index (κ1) is 16.7. The van der Waals surface area contributed by atoms with Gasteiger partial charge >= 0.3 is 6.61 Å². The third kappa shape index (κ3) is 3.51. The van der Waals surface area contributed by atoms with Crippen molar-refractivity contribution in [1.82, 2.24) is 15.0 Å². The second-order valence-electron chi connectivity index (χ2n) is 4.50. The Labute approximate surface area is 147 Å². The van der Waals surface area contributed by atoms with Crippen molar-refractivity contribution >= 4 is 50.1 Å². The molecule has 0 aliphatic rings. The number of alkyl halides is 2. The van der Waals surface area contributed by atoms with Gasteiger partial charge in [0.25, 0.3) is 0 Å². The molecule has 0 bridgehead atoms. The highest BCUT2D eigenvalue weighted by Crippen LogP contribution is 2.31. The first-order valence-electron chi connectivity index (χ1n) is 6.42. The summed E-state index contributed by atoms with van der Waals surface area (Å²) in [7, 11) is 0. The number of rotatable bonds is 4. The van der Waals surface area contributed by atoms with Crippen LogP contribution < -0.4 is 10.1 Å². The molecule has 0 atom stereocenters. The molecule has 0 saturated heterocycles. The largest absolute Gasteiger partial charge is 0.433 e. The van der Waals surface area contributed by atoms with Gasteiger partial charge in [-0.2, -0.15) is 8.78 Å². The van der Waals surface area contributed by atoms with Crippen molar-refractivity contribution in [2.75, 3.05) is 5.32 Å². The number of nitrogens with zero attached hydrogens (tertiary/aromatic N) is 3. The van der Waals surface area contributed by atoms with Gasteiger partial charge in [-0.15, -0.1) is 0 Å². The number of hydrogen-bond donors (Lipinski definition) is 1. The van der Waals surface area contributed by atoms with Crippen molar-refractivity contribution in [1.29, 1.82) is 0 Å². The van der Waals surface area contributed by atoms with Gasteiger partial charge in [-0.3, -0.25) is 0 Å². The SMILES string of the molecule is Fc1cc2ncnc(Nc3ccc(OC(F)F)c(Cl)c3)c2nc1Br. The number of ether oxygens (including phenoxy) is 1. The van der Waals surface area contributed by atoms with Crippen LogP contribution >= 0.6 is 27.5 Å². The number of hydrogen-bond acceptors (Lipinski definition) is 5. The second kappa shape index (κ2) is 6.78. The Hall–Kier alpha value is -2.13. The van der Waals surface area contributed by atoms with Gasteiger partial charge in [0, 0.05) is 11.8 Å². The van der Waals surface area contributed by atoms with Crippen molar-refractivity contribution < 1.29 is 17.9 Å². The molecule has 0 amide bonds. The average molecular weight is 420 g/mol. The number of fused-ring (bicyclic) bond motifs is 1. The van der Waals surface area contributed by atoms with E-state index in [-0.39, 0.29) is 15.4 Å². The Morgan fingerprint density at radius 2 is 2.00 bits per heavy atom. The van der Waals surface area contributed by atoms with E-state index in [1.807, 2.05) is 0 Å². The molecular formula is C14H7BrClF3N4O. The number of anilines is 2. The van der Waals surface area contributed by atoms with Crippen LogP contribution in [0.15, 0.2) is 35.2 Å². The van der Waals surface area contributed by atoms with Crippen molar-refractivity contribution in [3.63, 3.8) is 0 Å². The summed E-state index contributed by atoms with van der Waals surface area (Å²) in [6.07, 6.45) is 1.25. The number of pyridine rings is 1. The maximum atomic E-state index is 13.5. The third-order valence-electron chi connectivity index (χ3n) is 2.93. The summed E-state index contributed by atoms with van der Waals surface area (Å²) in [5, 5.41) is 2.93. The first-order valence-corrected chi connectivity index (χ1v) is 7.59. The minimum atomic E-state index is -2.97. The summed E-state index contributed by atoms with van der Waals surface area (Å²) in [6, 6.07) is 5.39. The molecule has 24 heavy (non-hydrogen) atoms. The summed E-state index contributed by atoms with van der Waals surface area (Å²) in [5.41, 5.74) is 1.09. The minimum Gasteiger partial charge on any atom is -0.433 e. The van der Waals surface area contributed by atoms with Crippen LogP contribution in [0.2, 0.25) is 5.02 Å². The topological polar surface area (TPSA) is 59.9 Å². The van der Waals surface area contributed by atoms with E-state index in [0.717, 1.165) is 0 Å². The molecule has 0 spiro atoms. The molecule has 2 heterocycles. The van der Waals surface area contributed by atoms with Crippen LogP contribution in [0.5, 0.6) is 5.75 Å². The van der Waals surface area contributed by atoms with Crippen molar-refractivity contribution in [2.45, 2.75) is 6.61 Å². The van der Waals surface area contributed by atoms with E-state index in [0.29, 0.717) is 22.5 Å². The highest BCUT2D eigenvalue weighted by molar-refractivity contribution is 9.10. The Morgan fingerprint density at radius 3 is 2.71 bits per heavy atom. The molecule has 2 aromatic heterocycles. The third-order valence-corrected chi connectivity index (χ3v) is 3.78. The fourth-order valence-electron chi connectivity index (χ4n) is 1.94. The number of aromatic nitrogens is 3. The standard InChI is InChI=1S/C14H7BrClF3N4O/c15-12-8(17)4-9-11(23-12)13(21-5-20-9)22-6-1-2-10(7(16)3-6)24-14(18)19/h1-5,14H,(H,20,21,22). The zero-order chi connectivity index (χ0) is 17.3. The predicted molar refractivity (Wildman–Crippen MR) is 86.4 cm³/mol. The molecule has 0 fully saturated rings. The van der Waals surface area contributed by atoms with E-state index in [1.165, 1.54) is 30.6 Å². The van der Waals surface area contributed by atoms with Gasteiger partial charge in [0.05, 0.1) is 10.5 Å². The normalized spacial score (nSPS) is 11.1. The van der Waals surface area contributed by atoms with E-state index in [4.69, 9.17) is 11.6 Å². The highest BCUT2D eigenvalue weighted by atomic mass is 79.9. The maximum Gasteiger partial charge on any atom is 0.387 e. The van der Waals surface area contributed by atoms with Gasteiger partial charge in [0.1, 0.15) is 22.2 Å². The lowest BCUT2D eigenvalue weighted by Crippen LogP contribution is -2.03. The molecule has 0 aliphatic heterocycles. The van der Waals surface area contributed by atoms with E-state index >= 15 is 0 Å². The summed E-state index contributed by atoms with van der Waals surface area (Å²) >= 11 is 8.90. The first-order chi connectivity index (χ1) is 11.4. The fourth-order valence-corrected chi connectivity index (χ4v) is 2.45. The number of benzene rings is 1. The van der Waals surface area contributed by atoms with Gasteiger partial charge in [-0.05, 0) is 34.1 Å². The van der Waals surface area contributed by atoms with Gasteiger partial charge in [-0.25, -0.2) is 19.3 Å². The summed E-state index contributed by atoms with van der Waals surface area (Å²) in [4.78, 5) is 12.0.